The van der Waals surface area contributed by atoms with E-state index in [9.17, 15) is 4.79 Å². The average Bonchev–Trinajstić information content (AvgIpc) is 2.03. The van der Waals surface area contributed by atoms with Gasteiger partial charge < -0.3 is 10.8 Å². The second kappa shape index (κ2) is 6.49. The Labute approximate surface area is 72.8 Å². The molecule has 0 unspecified atom stereocenters. The Balaban J connectivity index is 3.14. The SMILES string of the molecule is [2H]CCCCSC[C@H](N)C(=O)O. The molecule has 0 aliphatic heterocycles. The minimum absolute atomic E-state index is 0.450. The van der Waals surface area contributed by atoms with Crippen LogP contribution in [0.2, 0.25) is 0 Å². The molecule has 0 bridgehead atoms. The Hall–Kier alpha value is -0.220. The average molecular weight is 178 g/mol. The van der Waals surface area contributed by atoms with Crippen molar-refractivity contribution in [2.45, 2.75) is 25.8 Å². The van der Waals surface area contributed by atoms with Crippen molar-refractivity contribution in [2.24, 2.45) is 5.73 Å². The molecule has 0 heterocycles. The van der Waals surface area contributed by atoms with Crippen LogP contribution in [0.3, 0.4) is 0 Å². The number of carboxylic acids is 1. The van der Waals surface area contributed by atoms with Crippen molar-refractivity contribution < 1.29 is 11.3 Å². The van der Waals surface area contributed by atoms with Gasteiger partial charge in [0.15, 0.2) is 0 Å². The smallest absolute Gasteiger partial charge is 0.321 e. The van der Waals surface area contributed by atoms with Crippen LogP contribution >= 0.6 is 11.8 Å². The predicted molar refractivity (Wildman–Crippen MR) is 47.8 cm³/mol. The third kappa shape index (κ3) is 6.19. The molecule has 3 N–H and O–H groups in total. The van der Waals surface area contributed by atoms with Gasteiger partial charge in [-0.3, -0.25) is 4.79 Å². The number of thioether (sulfide) groups is 1. The number of hydrogen-bond donors (Lipinski definition) is 2. The van der Waals surface area contributed by atoms with Crippen molar-refractivity contribution in [3.05, 3.63) is 0 Å². The minimum Gasteiger partial charge on any atom is -0.480 e. The first-order valence-electron chi connectivity index (χ1n) is 4.24. The number of carboxylic acid groups (broad SMARTS) is 1. The molecule has 0 aliphatic rings. The van der Waals surface area contributed by atoms with Crippen molar-refractivity contribution in [1.29, 1.82) is 0 Å². The van der Waals surface area contributed by atoms with Crippen LogP contribution in [-0.2, 0) is 4.79 Å². The van der Waals surface area contributed by atoms with Crippen molar-refractivity contribution >= 4 is 17.7 Å². The Morgan fingerprint density at radius 1 is 1.91 bits per heavy atom. The van der Waals surface area contributed by atoms with Gasteiger partial charge >= 0.3 is 5.97 Å². The number of hydrogen-bond acceptors (Lipinski definition) is 3. The fraction of sp³-hybridized carbons (Fsp3) is 0.857. The summed E-state index contributed by atoms with van der Waals surface area (Å²) in [4.78, 5) is 10.3. The van der Waals surface area contributed by atoms with Crippen LogP contribution < -0.4 is 5.73 Å². The zero-order valence-electron chi connectivity index (χ0n) is 7.45. The highest BCUT2D eigenvalue weighted by molar-refractivity contribution is 7.99. The van der Waals surface area contributed by atoms with E-state index in [1.807, 2.05) is 0 Å². The van der Waals surface area contributed by atoms with Gasteiger partial charge in [-0.15, -0.1) is 0 Å². The first-order chi connectivity index (χ1) is 5.68. The first-order valence-corrected chi connectivity index (χ1v) is 4.69. The lowest BCUT2D eigenvalue weighted by Crippen LogP contribution is -2.32. The van der Waals surface area contributed by atoms with E-state index in [2.05, 4.69) is 0 Å². The van der Waals surface area contributed by atoms with E-state index in [4.69, 9.17) is 12.2 Å². The number of aliphatic carboxylic acids is 1. The normalized spacial score (nSPS) is 14.1. The Morgan fingerprint density at radius 2 is 2.64 bits per heavy atom. The van der Waals surface area contributed by atoms with Crippen LogP contribution in [0.4, 0.5) is 0 Å². The third-order valence-corrected chi connectivity index (χ3v) is 2.33. The van der Waals surface area contributed by atoms with Crippen molar-refractivity contribution in [3.63, 3.8) is 0 Å². The molecule has 1 atom stereocenters. The molecule has 4 heteroatoms. The fourth-order valence-corrected chi connectivity index (χ4v) is 1.46. The summed E-state index contributed by atoms with van der Waals surface area (Å²) in [6, 6.07) is -0.744. The summed E-state index contributed by atoms with van der Waals surface area (Å²) in [7, 11) is 0. The summed E-state index contributed by atoms with van der Waals surface area (Å²) in [6.07, 6.45) is 1.86. The molecule has 0 aromatic rings. The van der Waals surface area contributed by atoms with Gasteiger partial charge in [0, 0.05) is 7.12 Å². The quantitative estimate of drug-likeness (QED) is 0.594. The topological polar surface area (TPSA) is 63.3 Å². The largest absolute Gasteiger partial charge is 0.480 e. The molecule has 0 saturated carbocycles. The van der Waals surface area contributed by atoms with Crippen LogP contribution in [0, 0.1) is 0 Å². The van der Waals surface area contributed by atoms with Gasteiger partial charge in [-0.2, -0.15) is 11.8 Å². The molecule has 11 heavy (non-hydrogen) atoms. The number of nitrogens with two attached hydrogens (primary N) is 1. The lowest BCUT2D eigenvalue weighted by Gasteiger charge is -2.04. The zero-order chi connectivity index (χ0) is 9.40. The van der Waals surface area contributed by atoms with E-state index < -0.39 is 12.0 Å². The highest BCUT2D eigenvalue weighted by atomic mass is 32.2. The van der Waals surface area contributed by atoms with Crippen molar-refractivity contribution in [1.82, 2.24) is 0 Å². The van der Waals surface area contributed by atoms with E-state index in [1.165, 1.54) is 0 Å². The van der Waals surface area contributed by atoms with Crippen LogP contribution in [0.15, 0.2) is 0 Å². The first kappa shape index (κ1) is 8.87. The van der Waals surface area contributed by atoms with Gasteiger partial charge in [-0.25, -0.2) is 0 Å². The molecule has 0 aromatic carbocycles. The lowest BCUT2D eigenvalue weighted by atomic mass is 10.4. The van der Waals surface area contributed by atoms with Crippen LogP contribution in [0.25, 0.3) is 0 Å². The molecule has 0 saturated heterocycles. The minimum atomic E-state index is -0.942. The summed E-state index contributed by atoms with van der Waals surface area (Å²) < 4.78 is 6.86. The summed E-state index contributed by atoms with van der Waals surface area (Å²) >= 11 is 1.54. The lowest BCUT2D eigenvalue weighted by molar-refractivity contribution is -0.137. The molecular weight excluding hydrogens is 162 g/mol. The van der Waals surface area contributed by atoms with Crippen molar-refractivity contribution in [2.75, 3.05) is 11.5 Å². The van der Waals surface area contributed by atoms with E-state index in [1.54, 1.807) is 11.8 Å². The molecule has 66 valence electrons. The molecule has 0 rings (SSSR count). The maximum Gasteiger partial charge on any atom is 0.321 e. The maximum absolute atomic E-state index is 10.3. The maximum atomic E-state index is 10.3. The Morgan fingerprint density at radius 3 is 3.18 bits per heavy atom. The van der Waals surface area contributed by atoms with Gasteiger partial charge in [-0.05, 0) is 12.2 Å². The van der Waals surface area contributed by atoms with E-state index >= 15 is 0 Å². The third-order valence-electron chi connectivity index (χ3n) is 1.15. The number of carbonyl (C=O) groups is 1. The van der Waals surface area contributed by atoms with Gasteiger partial charge in [0.25, 0.3) is 0 Å². The number of unbranched alkanes of at least 4 members (excludes halogenated alkanes) is 1. The molecule has 0 fully saturated rings. The summed E-state index contributed by atoms with van der Waals surface area (Å²) in [5.41, 5.74) is 5.27. The molecular formula is C7H15NO2S. The highest BCUT2D eigenvalue weighted by Crippen LogP contribution is 2.05. The molecule has 0 spiro atoms. The molecule has 0 radical (unpaired) electrons. The van der Waals surface area contributed by atoms with E-state index in [-0.39, 0.29) is 0 Å². The Bertz CT molecular complexity index is 135. The fourth-order valence-electron chi connectivity index (χ4n) is 0.486. The van der Waals surface area contributed by atoms with Gasteiger partial charge in [-0.1, -0.05) is 13.3 Å². The van der Waals surface area contributed by atoms with Gasteiger partial charge in [0.1, 0.15) is 6.04 Å². The molecule has 0 aromatic heterocycles. The van der Waals surface area contributed by atoms with Gasteiger partial charge in [0.2, 0.25) is 0 Å². The number of rotatable bonds is 6. The zero-order valence-corrected chi connectivity index (χ0v) is 7.27. The summed E-state index contributed by atoms with van der Waals surface area (Å²) in [6.45, 7) is 0.450. The Kier molecular flexibility index (Phi) is 5.23. The molecule has 0 amide bonds. The second-order valence-electron chi connectivity index (χ2n) is 2.23. The summed E-state index contributed by atoms with van der Waals surface area (Å²) in [5.74, 6) is 0.427. The van der Waals surface area contributed by atoms with Crippen molar-refractivity contribution in [3.8, 4) is 0 Å². The van der Waals surface area contributed by atoms with E-state index in [0.29, 0.717) is 12.7 Å². The highest BCUT2D eigenvalue weighted by Gasteiger charge is 2.09. The monoisotopic (exact) mass is 178 g/mol. The second-order valence-corrected chi connectivity index (χ2v) is 3.38. The van der Waals surface area contributed by atoms with Gasteiger partial charge in [0.05, 0.1) is 0 Å². The summed E-state index contributed by atoms with van der Waals surface area (Å²) in [5, 5.41) is 8.42. The van der Waals surface area contributed by atoms with Crippen LogP contribution in [0.1, 0.15) is 21.1 Å². The van der Waals surface area contributed by atoms with E-state index in [0.717, 1.165) is 18.6 Å². The molecule has 3 nitrogen and oxygen atoms in total. The predicted octanol–water partition coefficient (Wildman–Crippen LogP) is 0.932. The van der Waals surface area contributed by atoms with Crippen LogP contribution in [0.5, 0.6) is 0 Å². The standard InChI is InChI=1S/C7H15NO2S/c1-2-3-4-11-5-6(8)7(9)10/h6H,2-5,8H2,1H3,(H,9,10)/t6-/m0/s1/i1D. The van der Waals surface area contributed by atoms with Crippen LogP contribution in [-0.4, -0.2) is 28.6 Å². The molecule has 0 aliphatic carbocycles.